The van der Waals surface area contributed by atoms with Crippen molar-refractivity contribution in [3.8, 4) is 0 Å². The lowest BCUT2D eigenvalue weighted by molar-refractivity contribution is 0.303. The van der Waals surface area contributed by atoms with E-state index in [1.807, 2.05) is 0 Å². The summed E-state index contributed by atoms with van der Waals surface area (Å²) in [5, 5.41) is 0. The molecule has 1 aliphatic rings. The molecule has 1 rings (SSSR count). The van der Waals surface area contributed by atoms with Crippen molar-refractivity contribution in [1.29, 1.82) is 0 Å². The molecule has 1 saturated carbocycles. The molecule has 0 N–H and O–H groups in total. The molecule has 0 aromatic heterocycles. The predicted molar refractivity (Wildman–Crippen MR) is 56.1 cm³/mol. The van der Waals surface area contributed by atoms with Gasteiger partial charge in [-0.15, -0.1) is 0 Å². The Kier molecular flexibility index (Phi) is 5.60. The number of hydrogen-bond donors (Lipinski definition) is 0. The molecule has 1 fully saturated rings. The molecule has 2 atom stereocenters. The average molecular weight is 208 g/mol. The molecule has 15 heavy (non-hydrogen) atoms. The summed E-state index contributed by atoms with van der Waals surface area (Å²) in [4.78, 5) is 27.3. The molecule has 4 heteroatoms. The van der Waals surface area contributed by atoms with Crippen molar-refractivity contribution in [3.05, 3.63) is 0 Å². The number of aliphatic imine (C=N–C) groups is 2. The van der Waals surface area contributed by atoms with E-state index < -0.39 is 0 Å². The quantitative estimate of drug-likeness (QED) is 0.394. The second kappa shape index (κ2) is 7.10. The normalized spacial score (nSPS) is 25.1. The van der Waals surface area contributed by atoms with Crippen LogP contribution in [0.1, 0.15) is 38.5 Å². The summed E-state index contributed by atoms with van der Waals surface area (Å²) >= 11 is 0. The standard InChI is InChI=1S/C11H16N2O2/c14-8-12-6-2-4-10-3-1-5-11(7-10)13-9-15/h10-11H,1-7H2. The van der Waals surface area contributed by atoms with Crippen molar-refractivity contribution in [3.63, 3.8) is 0 Å². The van der Waals surface area contributed by atoms with E-state index in [0.717, 1.165) is 32.1 Å². The summed E-state index contributed by atoms with van der Waals surface area (Å²) in [6.07, 6.45) is 9.51. The Balaban J connectivity index is 2.23. The summed E-state index contributed by atoms with van der Waals surface area (Å²) < 4.78 is 0. The molecule has 82 valence electrons. The van der Waals surface area contributed by atoms with E-state index in [0.29, 0.717) is 12.5 Å². The van der Waals surface area contributed by atoms with Crippen LogP contribution in [0.15, 0.2) is 9.98 Å². The monoisotopic (exact) mass is 208 g/mol. The molecule has 0 bridgehead atoms. The van der Waals surface area contributed by atoms with E-state index >= 15 is 0 Å². The molecular weight excluding hydrogens is 192 g/mol. The first-order valence-electron chi connectivity index (χ1n) is 5.47. The van der Waals surface area contributed by atoms with Gasteiger partial charge in [-0.3, -0.25) is 0 Å². The third-order valence-electron chi connectivity index (χ3n) is 2.94. The Morgan fingerprint density at radius 2 is 2.07 bits per heavy atom. The zero-order chi connectivity index (χ0) is 10.9. The van der Waals surface area contributed by atoms with E-state index in [1.54, 1.807) is 6.08 Å². The number of carbonyl (C=O) groups excluding carboxylic acids is 2. The third kappa shape index (κ3) is 4.68. The van der Waals surface area contributed by atoms with Gasteiger partial charge in [0.15, 0.2) is 0 Å². The maximum atomic E-state index is 10.1. The smallest absolute Gasteiger partial charge is 0.211 e. The van der Waals surface area contributed by atoms with Gasteiger partial charge in [0.05, 0.1) is 12.6 Å². The molecular formula is C11H16N2O2. The first-order valence-corrected chi connectivity index (χ1v) is 5.47. The van der Waals surface area contributed by atoms with Crippen LogP contribution in [-0.2, 0) is 9.59 Å². The summed E-state index contributed by atoms with van der Waals surface area (Å²) in [6.45, 7) is 0.571. The molecule has 0 amide bonds. The molecule has 0 radical (unpaired) electrons. The highest BCUT2D eigenvalue weighted by atomic mass is 16.1. The summed E-state index contributed by atoms with van der Waals surface area (Å²) in [5.74, 6) is 0.628. The van der Waals surface area contributed by atoms with Gasteiger partial charge in [-0.1, -0.05) is 12.8 Å². The highest BCUT2D eigenvalue weighted by molar-refractivity contribution is 5.33. The number of nitrogens with zero attached hydrogens (tertiary/aromatic N) is 2. The van der Waals surface area contributed by atoms with Crippen LogP contribution in [0.4, 0.5) is 0 Å². The fourth-order valence-corrected chi connectivity index (χ4v) is 2.22. The van der Waals surface area contributed by atoms with E-state index in [4.69, 9.17) is 0 Å². The minimum Gasteiger partial charge on any atom is -0.211 e. The average Bonchev–Trinajstić information content (AvgIpc) is 2.26. The SMILES string of the molecule is O=C=NCCCC1CCCC(N=C=O)C1. The summed E-state index contributed by atoms with van der Waals surface area (Å²) in [5.41, 5.74) is 0. The Labute approximate surface area is 89.5 Å². The lowest BCUT2D eigenvalue weighted by Gasteiger charge is -2.25. The molecule has 0 aromatic carbocycles. The second-order valence-electron chi connectivity index (χ2n) is 4.02. The van der Waals surface area contributed by atoms with Gasteiger partial charge < -0.3 is 0 Å². The molecule has 1 aliphatic carbocycles. The van der Waals surface area contributed by atoms with Gasteiger partial charge in [0.1, 0.15) is 0 Å². The topological polar surface area (TPSA) is 58.9 Å². The van der Waals surface area contributed by atoms with Gasteiger partial charge in [-0.25, -0.2) is 19.6 Å². The highest BCUT2D eigenvalue weighted by Crippen LogP contribution is 2.29. The van der Waals surface area contributed by atoms with Gasteiger partial charge in [0.2, 0.25) is 12.2 Å². The van der Waals surface area contributed by atoms with Crippen LogP contribution in [0.25, 0.3) is 0 Å². The Morgan fingerprint density at radius 3 is 2.80 bits per heavy atom. The fraction of sp³-hybridized carbons (Fsp3) is 0.818. The molecule has 0 aliphatic heterocycles. The van der Waals surface area contributed by atoms with E-state index in [9.17, 15) is 9.59 Å². The van der Waals surface area contributed by atoms with E-state index in [-0.39, 0.29) is 6.04 Å². The zero-order valence-corrected chi connectivity index (χ0v) is 8.82. The predicted octanol–water partition coefficient (Wildman–Crippen LogP) is 2.00. The largest absolute Gasteiger partial charge is 0.235 e. The molecule has 0 aromatic rings. The highest BCUT2D eigenvalue weighted by Gasteiger charge is 2.20. The van der Waals surface area contributed by atoms with Gasteiger partial charge >= 0.3 is 0 Å². The summed E-state index contributed by atoms with van der Waals surface area (Å²) in [6, 6.07) is 0.177. The fourth-order valence-electron chi connectivity index (χ4n) is 2.22. The zero-order valence-electron chi connectivity index (χ0n) is 8.82. The van der Waals surface area contributed by atoms with Crippen molar-refractivity contribution in [2.45, 2.75) is 44.6 Å². The van der Waals surface area contributed by atoms with Crippen LogP contribution in [0.2, 0.25) is 0 Å². The number of rotatable bonds is 5. The maximum Gasteiger partial charge on any atom is 0.235 e. The van der Waals surface area contributed by atoms with Crippen molar-refractivity contribution in [2.24, 2.45) is 15.9 Å². The number of isocyanates is 2. The van der Waals surface area contributed by atoms with Gasteiger partial charge in [0, 0.05) is 0 Å². The van der Waals surface area contributed by atoms with E-state index in [1.165, 1.54) is 12.5 Å². The van der Waals surface area contributed by atoms with Gasteiger partial charge in [0.25, 0.3) is 0 Å². The molecule has 2 unspecified atom stereocenters. The second-order valence-corrected chi connectivity index (χ2v) is 4.02. The van der Waals surface area contributed by atoms with Crippen molar-refractivity contribution < 1.29 is 9.59 Å². The van der Waals surface area contributed by atoms with Crippen LogP contribution in [0.5, 0.6) is 0 Å². The molecule has 0 spiro atoms. The Morgan fingerprint density at radius 1 is 1.20 bits per heavy atom. The van der Waals surface area contributed by atoms with Crippen molar-refractivity contribution >= 4 is 12.2 Å². The molecule has 0 saturated heterocycles. The maximum absolute atomic E-state index is 10.1. The minimum absolute atomic E-state index is 0.177. The number of hydrogen-bond acceptors (Lipinski definition) is 4. The van der Waals surface area contributed by atoms with Crippen LogP contribution in [0.3, 0.4) is 0 Å². The molecule has 4 nitrogen and oxygen atoms in total. The Bertz CT molecular complexity index is 278. The van der Waals surface area contributed by atoms with Crippen molar-refractivity contribution in [2.75, 3.05) is 6.54 Å². The minimum atomic E-state index is 0.177. The first kappa shape index (κ1) is 11.8. The van der Waals surface area contributed by atoms with Gasteiger partial charge in [-0.05, 0) is 31.6 Å². The first-order chi connectivity index (χ1) is 7.36. The summed E-state index contributed by atoms with van der Waals surface area (Å²) in [7, 11) is 0. The lowest BCUT2D eigenvalue weighted by Crippen LogP contribution is -2.18. The lowest BCUT2D eigenvalue weighted by atomic mass is 9.83. The Hall–Kier alpha value is -1.24. The van der Waals surface area contributed by atoms with Crippen LogP contribution < -0.4 is 0 Å². The van der Waals surface area contributed by atoms with E-state index in [2.05, 4.69) is 9.98 Å². The van der Waals surface area contributed by atoms with Crippen LogP contribution in [0, 0.1) is 5.92 Å². The molecule has 0 heterocycles. The van der Waals surface area contributed by atoms with Crippen LogP contribution >= 0.6 is 0 Å². The van der Waals surface area contributed by atoms with Crippen molar-refractivity contribution in [1.82, 2.24) is 0 Å². The van der Waals surface area contributed by atoms with Crippen LogP contribution in [-0.4, -0.2) is 24.7 Å². The van der Waals surface area contributed by atoms with Gasteiger partial charge in [-0.2, -0.15) is 0 Å². The third-order valence-corrected chi connectivity index (χ3v) is 2.94.